The molecule has 0 radical (unpaired) electrons. The molecule has 0 aromatic carbocycles. The van der Waals surface area contributed by atoms with Crippen LogP contribution in [0.2, 0.25) is 0 Å². The molecule has 0 saturated heterocycles. The molecule has 1 N–H and O–H groups in total. The summed E-state index contributed by atoms with van der Waals surface area (Å²) >= 11 is 1.55. The smallest absolute Gasteiger partial charge is 0.215 e. The Hall–Kier alpha value is -1.49. The van der Waals surface area contributed by atoms with E-state index < -0.39 is 0 Å². The van der Waals surface area contributed by atoms with Gasteiger partial charge in [-0.05, 0) is 13.0 Å². The quantitative estimate of drug-likeness (QED) is 0.733. The number of nitrogens with zero attached hydrogens (tertiary/aromatic N) is 2. The van der Waals surface area contributed by atoms with Crippen molar-refractivity contribution in [3.05, 3.63) is 33.8 Å². The van der Waals surface area contributed by atoms with Crippen LogP contribution in [-0.2, 0) is 0 Å². The predicted molar refractivity (Wildman–Crippen MR) is 48.9 cm³/mol. The predicted octanol–water partition coefficient (Wildman–Crippen LogP) is 1.41. The van der Waals surface area contributed by atoms with E-state index in [1.165, 1.54) is 6.20 Å². The Morgan fingerprint density at radius 3 is 3.00 bits per heavy atom. The maximum Gasteiger partial charge on any atom is 0.215 e. The lowest BCUT2D eigenvalue weighted by Gasteiger charge is -1.88. The number of hydrogen-bond acceptors (Lipinski definition) is 4. The molecule has 0 amide bonds. The van der Waals surface area contributed by atoms with Crippen molar-refractivity contribution in [2.24, 2.45) is 0 Å². The Labute approximate surface area is 78.6 Å². The molecule has 0 fully saturated rings. The Balaban J connectivity index is 2.33. The zero-order valence-electron chi connectivity index (χ0n) is 6.94. The lowest BCUT2D eigenvalue weighted by atomic mass is 10.2. The number of aryl methyl sites for hydroxylation is 1. The number of nitrogens with one attached hydrogen (secondary N) is 1. The highest BCUT2D eigenvalue weighted by Gasteiger charge is 2.12. The number of thiophene rings is 1. The summed E-state index contributed by atoms with van der Waals surface area (Å²) in [4.78, 5) is 12.7. The van der Waals surface area contributed by atoms with Gasteiger partial charge in [-0.1, -0.05) is 0 Å². The zero-order valence-corrected chi connectivity index (χ0v) is 7.76. The molecule has 2 rings (SSSR count). The Morgan fingerprint density at radius 2 is 2.46 bits per heavy atom. The Kier molecular flexibility index (Phi) is 1.94. The number of aromatic nitrogens is 3. The second-order valence-corrected chi connectivity index (χ2v) is 3.75. The molecular weight excluding hydrogens is 186 g/mol. The molecule has 0 atom stereocenters. The van der Waals surface area contributed by atoms with E-state index in [9.17, 15) is 4.79 Å². The average Bonchev–Trinajstić information content (AvgIpc) is 2.72. The van der Waals surface area contributed by atoms with Crippen LogP contribution in [-0.4, -0.2) is 21.2 Å². The first-order valence-corrected chi connectivity index (χ1v) is 4.61. The third-order valence-electron chi connectivity index (χ3n) is 1.64. The molecule has 0 saturated carbocycles. The van der Waals surface area contributed by atoms with Gasteiger partial charge >= 0.3 is 0 Å². The molecule has 0 aliphatic carbocycles. The minimum absolute atomic E-state index is 0.0851. The molecule has 2 aromatic rings. The molecule has 66 valence electrons. The summed E-state index contributed by atoms with van der Waals surface area (Å²) in [6.07, 6.45) is 1.43. The van der Waals surface area contributed by atoms with Crippen molar-refractivity contribution in [2.75, 3.05) is 0 Å². The zero-order chi connectivity index (χ0) is 9.26. The van der Waals surface area contributed by atoms with Crippen LogP contribution in [0.25, 0.3) is 0 Å². The van der Waals surface area contributed by atoms with Gasteiger partial charge in [-0.15, -0.1) is 11.3 Å². The van der Waals surface area contributed by atoms with Crippen LogP contribution in [0.4, 0.5) is 0 Å². The maximum atomic E-state index is 11.6. The first-order valence-electron chi connectivity index (χ1n) is 3.73. The number of ketones is 1. The van der Waals surface area contributed by atoms with E-state index in [1.54, 1.807) is 11.3 Å². The number of aromatic amines is 1. The van der Waals surface area contributed by atoms with Crippen molar-refractivity contribution in [3.8, 4) is 0 Å². The van der Waals surface area contributed by atoms with Crippen LogP contribution in [0.15, 0.2) is 17.6 Å². The van der Waals surface area contributed by atoms with Gasteiger partial charge in [0.1, 0.15) is 0 Å². The van der Waals surface area contributed by atoms with Gasteiger partial charge in [0, 0.05) is 15.8 Å². The topological polar surface area (TPSA) is 58.6 Å². The van der Waals surface area contributed by atoms with Gasteiger partial charge < -0.3 is 0 Å². The SMILES string of the molecule is Cc1cc(C(=O)c2cn[nH]n2)cs1. The summed E-state index contributed by atoms with van der Waals surface area (Å²) in [5, 5.41) is 11.5. The van der Waals surface area contributed by atoms with E-state index >= 15 is 0 Å². The minimum atomic E-state index is -0.0851. The second kappa shape index (κ2) is 3.10. The number of carbonyl (C=O) groups is 1. The number of rotatable bonds is 2. The van der Waals surface area contributed by atoms with Crippen molar-refractivity contribution in [1.29, 1.82) is 0 Å². The monoisotopic (exact) mass is 193 g/mol. The van der Waals surface area contributed by atoms with Crippen LogP contribution < -0.4 is 0 Å². The molecule has 4 nitrogen and oxygen atoms in total. The van der Waals surface area contributed by atoms with Crippen LogP contribution in [0.5, 0.6) is 0 Å². The molecule has 0 aliphatic heterocycles. The highest BCUT2D eigenvalue weighted by Crippen LogP contribution is 2.15. The fraction of sp³-hybridized carbons (Fsp3) is 0.125. The standard InChI is InChI=1S/C8H7N3OS/c1-5-2-6(4-13-5)8(12)7-3-9-11-10-7/h2-4H,1H3,(H,9,10,11). The van der Waals surface area contributed by atoms with Gasteiger partial charge in [-0.3, -0.25) is 4.79 Å². The van der Waals surface area contributed by atoms with Crippen LogP contribution in [0, 0.1) is 6.92 Å². The normalized spacial score (nSPS) is 10.2. The van der Waals surface area contributed by atoms with Crippen LogP contribution in [0.1, 0.15) is 20.9 Å². The van der Waals surface area contributed by atoms with E-state index in [1.807, 2.05) is 18.4 Å². The average molecular weight is 193 g/mol. The third-order valence-corrected chi connectivity index (χ3v) is 2.50. The van der Waals surface area contributed by atoms with Crippen molar-refractivity contribution < 1.29 is 4.79 Å². The van der Waals surface area contributed by atoms with Crippen LogP contribution in [0.3, 0.4) is 0 Å². The summed E-state index contributed by atoms with van der Waals surface area (Å²) in [5.74, 6) is -0.0851. The largest absolute Gasteiger partial charge is 0.287 e. The summed E-state index contributed by atoms with van der Waals surface area (Å²) in [5.41, 5.74) is 1.04. The van der Waals surface area contributed by atoms with Crippen molar-refractivity contribution >= 4 is 17.1 Å². The molecule has 5 heteroatoms. The highest BCUT2D eigenvalue weighted by molar-refractivity contribution is 7.10. The number of hydrogen-bond donors (Lipinski definition) is 1. The van der Waals surface area contributed by atoms with E-state index in [0.717, 1.165) is 4.88 Å². The van der Waals surface area contributed by atoms with E-state index in [4.69, 9.17) is 0 Å². The van der Waals surface area contributed by atoms with Gasteiger partial charge in [0.2, 0.25) is 5.78 Å². The lowest BCUT2D eigenvalue weighted by Crippen LogP contribution is -1.99. The third kappa shape index (κ3) is 1.50. The fourth-order valence-electron chi connectivity index (χ4n) is 1.02. The molecule has 0 spiro atoms. The molecule has 13 heavy (non-hydrogen) atoms. The molecule has 2 aromatic heterocycles. The van der Waals surface area contributed by atoms with Crippen LogP contribution >= 0.6 is 11.3 Å². The summed E-state index contributed by atoms with van der Waals surface area (Å²) in [6.45, 7) is 1.96. The lowest BCUT2D eigenvalue weighted by molar-refractivity contribution is 0.103. The Bertz CT molecular complexity index is 418. The fourth-order valence-corrected chi connectivity index (χ4v) is 1.70. The van der Waals surface area contributed by atoms with E-state index in [2.05, 4.69) is 15.4 Å². The first-order chi connectivity index (χ1) is 6.27. The van der Waals surface area contributed by atoms with Gasteiger partial charge in [-0.25, -0.2) is 0 Å². The molecule has 0 bridgehead atoms. The van der Waals surface area contributed by atoms with E-state index in [0.29, 0.717) is 11.3 Å². The number of H-pyrrole nitrogens is 1. The summed E-state index contributed by atoms with van der Waals surface area (Å²) in [6, 6.07) is 1.85. The second-order valence-electron chi connectivity index (χ2n) is 2.63. The molecular formula is C8H7N3OS. The Morgan fingerprint density at radius 1 is 1.62 bits per heavy atom. The van der Waals surface area contributed by atoms with Crippen molar-refractivity contribution in [3.63, 3.8) is 0 Å². The van der Waals surface area contributed by atoms with E-state index in [-0.39, 0.29) is 5.78 Å². The highest BCUT2D eigenvalue weighted by atomic mass is 32.1. The molecule has 0 aliphatic rings. The summed E-state index contributed by atoms with van der Waals surface area (Å²) in [7, 11) is 0. The maximum absolute atomic E-state index is 11.6. The minimum Gasteiger partial charge on any atom is -0.287 e. The van der Waals surface area contributed by atoms with Gasteiger partial charge in [-0.2, -0.15) is 15.4 Å². The summed E-state index contributed by atoms with van der Waals surface area (Å²) < 4.78 is 0. The molecule has 2 heterocycles. The van der Waals surface area contributed by atoms with Crippen molar-refractivity contribution in [1.82, 2.24) is 15.4 Å². The number of carbonyl (C=O) groups excluding carboxylic acids is 1. The van der Waals surface area contributed by atoms with Gasteiger partial charge in [0.15, 0.2) is 5.69 Å². The van der Waals surface area contributed by atoms with Crippen molar-refractivity contribution in [2.45, 2.75) is 6.92 Å². The molecule has 0 unspecified atom stereocenters. The van der Waals surface area contributed by atoms with Gasteiger partial charge in [0.05, 0.1) is 6.20 Å². The first kappa shape index (κ1) is 8.12. The van der Waals surface area contributed by atoms with Gasteiger partial charge in [0.25, 0.3) is 0 Å².